The first-order valence-corrected chi connectivity index (χ1v) is 9.45. The molecule has 1 saturated heterocycles. The van der Waals surface area contributed by atoms with Crippen LogP contribution in [0.4, 0.5) is 5.69 Å². The molecule has 0 atom stereocenters. The Morgan fingerprint density at radius 1 is 1.24 bits per heavy atom. The first-order valence-electron chi connectivity index (χ1n) is 13.0. The summed E-state index contributed by atoms with van der Waals surface area (Å²) in [6, 6.07) is 8.15. The minimum absolute atomic E-state index is 0.0469. The van der Waals surface area contributed by atoms with Crippen molar-refractivity contribution in [2.75, 3.05) is 31.6 Å². The van der Waals surface area contributed by atoms with Gasteiger partial charge in [0.25, 0.3) is 0 Å². The van der Waals surface area contributed by atoms with Crippen LogP contribution in [0.5, 0.6) is 0 Å². The van der Waals surface area contributed by atoms with Crippen molar-refractivity contribution >= 4 is 11.6 Å². The number of ether oxygens (including phenoxy) is 1. The van der Waals surface area contributed by atoms with E-state index in [0.29, 0.717) is 4.68 Å². The number of methoxy groups -OCH3 is 1. The Hall–Kier alpha value is -2.52. The number of rotatable bonds is 8. The molecule has 29 heavy (non-hydrogen) atoms. The lowest BCUT2D eigenvalue weighted by atomic mass is 9.96. The molecule has 2 heterocycles. The number of likely N-dealkylation sites (tertiary alicyclic amines) is 1. The van der Waals surface area contributed by atoms with E-state index in [9.17, 15) is 9.59 Å². The van der Waals surface area contributed by atoms with Gasteiger partial charge in [-0.15, -0.1) is 0 Å². The lowest BCUT2D eigenvalue weighted by molar-refractivity contribution is -0.128. The van der Waals surface area contributed by atoms with Crippen molar-refractivity contribution in [1.82, 2.24) is 24.7 Å². The number of tetrazole rings is 1. The number of aryl methyl sites for hydroxylation is 1. The van der Waals surface area contributed by atoms with Crippen LogP contribution < -0.4 is 10.6 Å². The Balaban J connectivity index is 1.92. The third-order valence-electron chi connectivity index (χ3n) is 5.05. The SMILES string of the molecule is [2H]C([2H])([2H])OC1(N(C(=O)C([2H])([2H])C)c2ccccc2)CCN(CC([2H])([2H])n2nnn(CC)c2=O)CC1. The van der Waals surface area contributed by atoms with Crippen LogP contribution in [0.25, 0.3) is 0 Å². The summed E-state index contributed by atoms with van der Waals surface area (Å²) in [6.07, 6.45) is -2.41. The van der Waals surface area contributed by atoms with Crippen LogP contribution in [0.3, 0.4) is 0 Å². The zero-order chi connectivity index (χ0) is 26.9. The number of amides is 1. The summed E-state index contributed by atoms with van der Waals surface area (Å²) >= 11 is 0. The van der Waals surface area contributed by atoms with Crippen LogP contribution in [0.15, 0.2) is 35.1 Å². The van der Waals surface area contributed by atoms with Gasteiger partial charge in [-0.1, -0.05) is 25.1 Å². The average molecular weight is 410 g/mol. The monoisotopic (exact) mass is 409 g/mol. The Labute approximate surface area is 180 Å². The standard InChI is InChI=1S/C20H30N6O3/c1-4-18(27)26(17-9-7-6-8-10-17)20(29-3)11-13-23(14-12-20)15-16-25-19(28)24(5-2)21-22-25/h6-10H,4-5,11-16H2,1-3H3/i3D3,4D2,16D2. The zero-order valence-electron chi connectivity index (χ0n) is 23.5. The second-order valence-corrected chi connectivity index (χ2v) is 6.70. The molecule has 1 amide bonds. The van der Waals surface area contributed by atoms with Gasteiger partial charge in [-0.05, 0) is 29.5 Å². The summed E-state index contributed by atoms with van der Waals surface area (Å²) in [5.41, 5.74) is -2.12. The van der Waals surface area contributed by atoms with Gasteiger partial charge in [0.15, 0.2) is 0 Å². The number of para-hydroxylation sites is 1. The normalized spacial score (nSPS) is 21.7. The van der Waals surface area contributed by atoms with Crippen LogP contribution in [-0.2, 0) is 22.6 Å². The molecule has 1 aromatic carbocycles. The lowest BCUT2D eigenvalue weighted by Crippen LogP contribution is -2.59. The molecule has 0 spiro atoms. The van der Waals surface area contributed by atoms with Gasteiger partial charge in [0.2, 0.25) is 5.91 Å². The Kier molecular flexibility index (Phi) is 4.39. The van der Waals surface area contributed by atoms with Crippen LogP contribution in [-0.4, -0.2) is 63.0 Å². The van der Waals surface area contributed by atoms with Gasteiger partial charge in [-0.2, -0.15) is 9.36 Å². The van der Waals surface area contributed by atoms with Crippen molar-refractivity contribution in [3.05, 3.63) is 40.8 Å². The summed E-state index contributed by atoms with van der Waals surface area (Å²) in [6.45, 7) is 0.786. The number of hydrogen-bond donors (Lipinski definition) is 0. The van der Waals surface area contributed by atoms with Crippen LogP contribution in [0.2, 0.25) is 0 Å². The van der Waals surface area contributed by atoms with Gasteiger partial charge in [-0.25, -0.2) is 4.79 Å². The number of nitrogens with zero attached hydrogens (tertiary/aromatic N) is 6. The summed E-state index contributed by atoms with van der Waals surface area (Å²) in [4.78, 5) is 28.4. The van der Waals surface area contributed by atoms with Crippen molar-refractivity contribution in [3.8, 4) is 0 Å². The van der Waals surface area contributed by atoms with E-state index < -0.39 is 37.2 Å². The fraction of sp³-hybridized carbons (Fsp3) is 0.600. The molecular formula is C20H30N6O3. The number of piperidine rings is 1. The maximum Gasteiger partial charge on any atom is 0.363 e. The summed E-state index contributed by atoms with van der Waals surface area (Å²) in [5, 5.41) is 7.29. The lowest BCUT2D eigenvalue weighted by Gasteiger charge is -2.47. The van der Waals surface area contributed by atoms with Gasteiger partial charge in [-0.3, -0.25) is 9.69 Å². The second-order valence-electron chi connectivity index (χ2n) is 6.70. The Bertz CT molecular complexity index is 1110. The van der Waals surface area contributed by atoms with Crippen molar-refractivity contribution in [2.24, 2.45) is 0 Å². The summed E-state index contributed by atoms with van der Waals surface area (Å²) in [5.74, 6) is -0.954. The minimum Gasteiger partial charge on any atom is -0.358 e. The van der Waals surface area contributed by atoms with E-state index in [-0.39, 0.29) is 44.7 Å². The second kappa shape index (κ2) is 9.32. The number of aromatic nitrogens is 4. The zero-order valence-corrected chi connectivity index (χ0v) is 16.5. The Morgan fingerprint density at radius 3 is 2.52 bits per heavy atom. The van der Waals surface area contributed by atoms with Crippen LogP contribution >= 0.6 is 0 Å². The fourth-order valence-corrected chi connectivity index (χ4v) is 3.40. The Morgan fingerprint density at radius 2 is 1.93 bits per heavy atom. The van der Waals surface area contributed by atoms with Gasteiger partial charge < -0.3 is 9.64 Å². The molecule has 0 unspecified atom stereocenters. The molecule has 1 aliphatic rings. The predicted molar refractivity (Wildman–Crippen MR) is 110 cm³/mol. The molecule has 158 valence electrons. The van der Waals surface area contributed by atoms with E-state index >= 15 is 0 Å². The number of carbonyl (C=O) groups excluding carboxylic acids is 1. The average Bonchev–Trinajstić information content (AvgIpc) is 3.16. The number of hydrogen-bond acceptors (Lipinski definition) is 6. The summed E-state index contributed by atoms with van der Waals surface area (Å²) < 4.78 is 63.3. The van der Waals surface area contributed by atoms with Crippen LogP contribution in [0.1, 0.15) is 42.7 Å². The van der Waals surface area contributed by atoms with E-state index in [1.165, 1.54) is 0 Å². The molecule has 0 bridgehead atoms. The smallest absolute Gasteiger partial charge is 0.358 e. The van der Waals surface area contributed by atoms with Gasteiger partial charge in [0.1, 0.15) is 5.72 Å². The number of anilines is 1. The largest absolute Gasteiger partial charge is 0.363 e. The van der Waals surface area contributed by atoms with E-state index in [2.05, 4.69) is 10.4 Å². The number of carbonyl (C=O) groups is 1. The first kappa shape index (κ1) is 13.7. The topological polar surface area (TPSA) is 85.5 Å². The molecule has 0 radical (unpaired) electrons. The van der Waals surface area contributed by atoms with E-state index in [1.54, 1.807) is 42.2 Å². The molecule has 0 N–H and O–H groups in total. The molecule has 1 fully saturated rings. The molecule has 1 aromatic heterocycles. The highest BCUT2D eigenvalue weighted by atomic mass is 16.5. The number of benzene rings is 1. The van der Waals surface area contributed by atoms with Gasteiger partial charge >= 0.3 is 5.69 Å². The van der Waals surface area contributed by atoms with Crippen LogP contribution in [0, 0.1) is 0 Å². The van der Waals surface area contributed by atoms with E-state index in [1.807, 2.05) is 0 Å². The quantitative estimate of drug-likeness (QED) is 0.612. The maximum atomic E-state index is 13.3. The highest BCUT2D eigenvalue weighted by Gasteiger charge is 2.43. The minimum atomic E-state index is -2.89. The van der Waals surface area contributed by atoms with Crippen molar-refractivity contribution in [1.29, 1.82) is 0 Å². The molecular weight excluding hydrogens is 372 g/mol. The predicted octanol–water partition coefficient (Wildman–Crippen LogP) is 1.34. The first-order chi connectivity index (χ1) is 16.6. The molecule has 2 aromatic rings. The molecule has 3 rings (SSSR count). The molecule has 9 nitrogen and oxygen atoms in total. The molecule has 9 heteroatoms. The fourth-order valence-electron chi connectivity index (χ4n) is 3.40. The highest BCUT2D eigenvalue weighted by molar-refractivity contribution is 5.94. The third-order valence-corrected chi connectivity index (χ3v) is 5.05. The molecule has 0 aliphatic carbocycles. The van der Waals surface area contributed by atoms with Crippen molar-refractivity contribution < 1.29 is 19.1 Å². The van der Waals surface area contributed by atoms with E-state index in [4.69, 9.17) is 14.3 Å². The van der Waals surface area contributed by atoms with Gasteiger partial charge in [0.05, 0.1) is 13.4 Å². The third kappa shape index (κ3) is 4.40. The summed E-state index contributed by atoms with van der Waals surface area (Å²) in [7, 11) is -2.89. The molecule has 0 saturated carbocycles. The molecule has 1 aliphatic heterocycles. The van der Waals surface area contributed by atoms with Crippen molar-refractivity contribution in [3.63, 3.8) is 0 Å². The van der Waals surface area contributed by atoms with Crippen molar-refractivity contribution in [2.45, 2.75) is 51.8 Å². The maximum absolute atomic E-state index is 13.3. The highest BCUT2D eigenvalue weighted by Crippen LogP contribution is 2.34. The van der Waals surface area contributed by atoms with E-state index in [0.717, 1.165) is 16.5 Å². The van der Waals surface area contributed by atoms with Gasteiger partial charge in [0, 0.05) is 60.9 Å².